The van der Waals surface area contributed by atoms with Gasteiger partial charge in [-0.25, -0.2) is 9.97 Å². The summed E-state index contributed by atoms with van der Waals surface area (Å²) < 4.78 is 5.99. The zero-order valence-corrected chi connectivity index (χ0v) is 15.6. The summed E-state index contributed by atoms with van der Waals surface area (Å²) in [5.74, 6) is 1.30. The predicted molar refractivity (Wildman–Crippen MR) is 103 cm³/mol. The average molecular weight is 367 g/mol. The van der Waals surface area contributed by atoms with Gasteiger partial charge in [0.05, 0.1) is 6.10 Å². The number of fused-ring (bicyclic) bond motifs is 1. The lowest BCUT2D eigenvalue weighted by Gasteiger charge is -2.35. The molecule has 1 fully saturated rings. The van der Waals surface area contributed by atoms with Crippen LogP contribution in [0.3, 0.4) is 0 Å². The van der Waals surface area contributed by atoms with Crippen molar-refractivity contribution in [2.24, 2.45) is 0 Å². The molecule has 1 amide bonds. The maximum atomic E-state index is 12.4. The van der Waals surface area contributed by atoms with Crippen LogP contribution in [-0.2, 0) is 11.2 Å². The molecular weight excluding hydrogens is 342 g/mol. The number of hydrogen-bond donors (Lipinski definition) is 1. The number of ether oxygens (including phenoxy) is 1. The standard InChI is InChI=1S/C20H25N5O2/c1-2-11-27-15-6-4-10-25(13-15)19-16-7-9-22-20(26)17(16)23-18(24-19)14-5-3-8-21-12-14/h3,5,8,12,15H,2,4,6-7,9-11,13H2,1H3,(H,22,26). The van der Waals surface area contributed by atoms with E-state index in [2.05, 4.69) is 27.1 Å². The summed E-state index contributed by atoms with van der Waals surface area (Å²) in [4.78, 5) is 28.3. The van der Waals surface area contributed by atoms with Crippen LogP contribution in [0.25, 0.3) is 11.4 Å². The number of hydrogen-bond acceptors (Lipinski definition) is 6. The number of pyridine rings is 1. The largest absolute Gasteiger partial charge is 0.376 e. The Kier molecular flexibility index (Phi) is 5.29. The number of piperidine rings is 1. The van der Waals surface area contributed by atoms with Crippen molar-refractivity contribution in [2.75, 3.05) is 31.1 Å². The lowest BCUT2D eigenvalue weighted by atomic mass is 10.0. The first-order valence-corrected chi connectivity index (χ1v) is 9.72. The quantitative estimate of drug-likeness (QED) is 0.873. The van der Waals surface area contributed by atoms with Gasteiger partial charge in [-0.15, -0.1) is 0 Å². The van der Waals surface area contributed by atoms with Gasteiger partial charge in [-0.3, -0.25) is 9.78 Å². The van der Waals surface area contributed by atoms with Crippen LogP contribution in [-0.4, -0.2) is 53.2 Å². The lowest BCUT2D eigenvalue weighted by molar-refractivity contribution is 0.0439. The van der Waals surface area contributed by atoms with Gasteiger partial charge in [-0.05, 0) is 37.8 Å². The highest BCUT2D eigenvalue weighted by atomic mass is 16.5. The van der Waals surface area contributed by atoms with Gasteiger partial charge in [0.1, 0.15) is 11.5 Å². The molecule has 27 heavy (non-hydrogen) atoms. The molecule has 1 atom stereocenters. The number of amides is 1. The predicted octanol–water partition coefficient (Wildman–Crippen LogP) is 2.22. The lowest BCUT2D eigenvalue weighted by Crippen LogP contribution is -2.42. The SMILES string of the molecule is CCCOC1CCCN(c2nc(-c3cccnc3)nc3c2CCNC3=O)C1. The second kappa shape index (κ2) is 8.00. The van der Waals surface area contributed by atoms with Crippen molar-refractivity contribution in [2.45, 2.75) is 38.7 Å². The van der Waals surface area contributed by atoms with Gasteiger partial charge >= 0.3 is 0 Å². The first-order valence-electron chi connectivity index (χ1n) is 9.72. The third-order valence-electron chi connectivity index (χ3n) is 5.02. The van der Waals surface area contributed by atoms with E-state index in [1.807, 2.05) is 12.1 Å². The summed E-state index contributed by atoms with van der Waals surface area (Å²) in [5, 5.41) is 2.90. The zero-order chi connectivity index (χ0) is 18.6. The topological polar surface area (TPSA) is 80.2 Å². The first kappa shape index (κ1) is 17.9. The molecule has 4 heterocycles. The van der Waals surface area contributed by atoms with E-state index < -0.39 is 0 Å². The molecule has 7 nitrogen and oxygen atoms in total. The molecule has 4 rings (SSSR count). The Bertz CT molecular complexity index is 812. The molecule has 0 aliphatic carbocycles. The molecule has 1 N–H and O–H groups in total. The Morgan fingerprint density at radius 3 is 3.11 bits per heavy atom. The third-order valence-corrected chi connectivity index (χ3v) is 5.02. The molecule has 7 heteroatoms. The van der Waals surface area contributed by atoms with Crippen LogP contribution in [0, 0.1) is 0 Å². The van der Waals surface area contributed by atoms with Crippen molar-refractivity contribution < 1.29 is 9.53 Å². The minimum absolute atomic E-state index is 0.124. The minimum Gasteiger partial charge on any atom is -0.376 e. The second-order valence-electron chi connectivity index (χ2n) is 7.03. The molecule has 0 bridgehead atoms. The van der Waals surface area contributed by atoms with E-state index in [9.17, 15) is 4.79 Å². The van der Waals surface area contributed by atoms with Gasteiger partial charge in [0.2, 0.25) is 0 Å². The van der Waals surface area contributed by atoms with Crippen LogP contribution >= 0.6 is 0 Å². The Hall–Kier alpha value is -2.54. The number of carbonyl (C=O) groups excluding carboxylic acids is 1. The smallest absolute Gasteiger partial charge is 0.270 e. The highest BCUT2D eigenvalue weighted by Crippen LogP contribution is 2.29. The molecule has 1 unspecified atom stereocenters. The fourth-order valence-corrected chi connectivity index (χ4v) is 3.71. The van der Waals surface area contributed by atoms with Crippen LogP contribution in [0.4, 0.5) is 5.82 Å². The fourth-order valence-electron chi connectivity index (χ4n) is 3.71. The van der Waals surface area contributed by atoms with Crippen molar-refractivity contribution in [3.05, 3.63) is 35.8 Å². The van der Waals surface area contributed by atoms with Crippen molar-refractivity contribution in [3.63, 3.8) is 0 Å². The van der Waals surface area contributed by atoms with Crippen molar-refractivity contribution in [1.29, 1.82) is 0 Å². The van der Waals surface area contributed by atoms with Gasteiger partial charge in [0.15, 0.2) is 5.82 Å². The normalized spacial score (nSPS) is 19.5. The summed E-state index contributed by atoms with van der Waals surface area (Å²) in [5.41, 5.74) is 2.25. The van der Waals surface area contributed by atoms with Crippen LogP contribution in [0.1, 0.15) is 42.2 Å². The van der Waals surface area contributed by atoms with Gasteiger partial charge in [-0.2, -0.15) is 0 Å². The Morgan fingerprint density at radius 2 is 2.30 bits per heavy atom. The van der Waals surface area contributed by atoms with Crippen LogP contribution in [0.15, 0.2) is 24.5 Å². The van der Waals surface area contributed by atoms with Crippen LogP contribution in [0.5, 0.6) is 0 Å². The van der Waals surface area contributed by atoms with Gasteiger partial charge < -0.3 is 15.0 Å². The van der Waals surface area contributed by atoms with Gasteiger partial charge in [-0.1, -0.05) is 6.92 Å². The molecule has 2 aromatic heterocycles. The highest BCUT2D eigenvalue weighted by Gasteiger charge is 2.29. The zero-order valence-electron chi connectivity index (χ0n) is 15.6. The number of nitrogens with zero attached hydrogens (tertiary/aromatic N) is 4. The van der Waals surface area contributed by atoms with E-state index in [-0.39, 0.29) is 12.0 Å². The van der Waals surface area contributed by atoms with Gasteiger partial charge in [0, 0.05) is 49.8 Å². The fraction of sp³-hybridized carbons (Fsp3) is 0.500. The van der Waals surface area contributed by atoms with Crippen molar-refractivity contribution in [3.8, 4) is 11.4 Å². The van der Waals surface area contributed by atoms with E-state index in [1.165, 1.54) is 0 Å². The monoisotopic (exact) mass is 367 g/mol. The number of rotatable bonds is 5. The van der Waals surface area contributed by atoms with E-state index in [0.717, 1.165) is 62.3 Å². The van der Waals surface area contributed by atoms with Crippen LogP contribution in [0.2, 0.25) is 0 Å². The first-order chi connectivity index (χ1) is 13.3. The van der Waals surface area contributed by atoms with E-state index >= 15 is 0 Å². The molecule has 1 saturated heterocycles. The maximum Gasteiger partial charge on any atom is 0.270 e. The summed E-state index contributed by atoms with van der Waals surface area (Å²) in [7, 11) is 0. The summed E-state index contributed by atoms with van der Waals surface area (Å²) >= 11 is 0. The average Bonchev–Trinajstić information content (AvgIpc) is 2.73. The molecule has 0 radical (unpaired) electrons. The molecule has 0 spiro atoms. The highest BCUT2D eigenvalue weighted by molar-refractivity contribution is 5.96. The minimum atomic E-state index is -0.124. The van der Waals surface area contributed by atoms with E-state index in [1.54, 1.807) is 12.4 Å². The molecule has 2 aromatic rings. The Morgan fingerprint density at radius 1 is 1.37 bits per heavy atom. The number of carbonyl (C=O) groups is 1. The van der Waals surface area contributed by atoms with E-state index in [0.29, 0.717) is 18.1 Å². The van der Waals surface area contributed by atoms with Crippen LogP contribution < -0.4 is 10.2 Å². The Labute approximate surface area is 159 Å². The number of anilines is 1. The van der Waals surface area contributed by atoms with E-state index in [4.69, 9.17) is 9.72 Å². The molecule has 0 saturated carbocycles. The van der Waals surface area contributed by atoms with Crippen molar-refractivity contribution >= 4 is 11.7 Å². The third kappa shape index (κ3) is 3.78. The molecule has 142 valence electrons. The maximum absolute atomic E-state index is 12.4. The summed E-state index contributed by atoms with van der Waals surface area (Å²) in [6.45, 7) is 5.25. The Balaban J connectivity index is 1.72. The summed E-state index contributed by atoms with van der Waals surface area (Å²) in [6, 6.07) is 3.77. The molecule has 0 aromatic carbocycles. The number of nitrogens with one attached hydrogen (secondary N) is 1. The molecular formula is C20H25N5O2. The second-order valence-corrected chi connectivity index (χ2v) is 7.03. The number of aromatic nitrogens is 3. The van der Waals surface area contributed by atoms with Gasteiger partial charge in [0.25, 0.3) is 5.91 Å². The molecule has 2 aliphatic heterocycles. The molecule has 2 aliphatic rings. The van der Waals surface area contributed by atoms with Crippen molar-refractivity contribution in [1.82, 2.24) is 20.3 Å². The summed E-state index contributed by atoms with van der Waals surface area (Å²) in [6.07, 6.45) is 7.56.